The minimum atomic E-state index is -0.866. The van der Waals surface area contributed by atoms with Gasteiger partial charge in [0.2, 0.25) is 11.8 Å². The smallest absolute Gasteiger partial charge is 0.355 e. The van der Waals surface area contributed by atoms with Gasteiger partial charge in [-0.3, -0.25) is 34.1 Å². The Hall–Kier alpha value is -6.97. The van der Waals surface area contributed by atoms with E-state index < -0.39 is 29.4 Å². The molecule has 16 heteroatoms. The van der Waals surface area contributed by atoms with Gasteiger partial charge in [0.15, 0.2) is 6.61 Å². The molecule has 3 fully saturated rings. The SMILES string of the molecule is C=C1c2cccc(OCC(=O)N3CC4CN(CCn5c(C(=O)OC(C)(C)C)c(CCCOc6cccc7ccccc67)c6ccc(Cl)c(-c7c(C)nn(C)c7C)c65)CC4C3)c2C(=O)N1C1CCC(=O)NC1=O.CC. The summed E-state index contributed by atoms with van der Waals surface area (Å²) in [5.41, 5.74) is 6.18. The number of piperidine rings is 1. The molecule has 4 aliphatic rings. The lowest BCUT2D eigenvalue weighted by atomic mass is 9.98. The molecular weight excluding hydrogens is 958 g/mol. The highest BCUT2D eigenvalue weighted by molar-refractivity contribution is 6.35. The van der Waals surface area contributed by atoms with Crippen LogP contribution in [0.2, 0.25) is 5.02 Å². The second-order valence-electron chi connectivity index (χ2n) is 20.5. The fourth-order valence-corrected chi connectivity index (χ4v) is 11.6. The Labute approximate surface area is 437 Å². The van der Waals surface area contributed by atoms with Gasteiger partial charge < -0.3 is 28.6 Å². The molecule has 0 radical (unpaired) electrons. The number of hydrogen-bond donors (Lipinski definition) is 1. The van der Waals surface area contributed by atoms with Gasteiger partial charge in [-0.1, -0.05) is 86.6 Å². The van der Waals surface area contributed by atoms with Gasteiger partial charge in [0.25, 0.3) is 11.8 Å². The fraction of sp³-hybridized carbons (Fsp3) is 0.414. The summed E-state index contributed by atoms with van der Waals surface area (Å²) in [4.78, 5) is 72.4. The Bertz CT molecular complexity index is 3200. The van der Waals surface area contributed by atoms with Crippen LogP contribution in [0.25, 0.3) is 38.5 Å². The van der Waals surface area contributed by atoms with Crippen LogP contribution in [0.1, 0.15) is 97.2 Å². The quantitative estimate of drug-likeness (QED) is 0.0634. The summed E-state index contributed by atoms with van der Waals surface area (Å²) in [5.74, 6) is -0.425. The van der Waals surface area contributed by atoms with Gasteiger partial charge in [0.1, 0.15) is 28.8 Å². The topological polar surface area (TPSA) is 158 Å². The zero-order chi connectivity index (χ0) is 52.7. The molecular formula is C58H66ClN7O8. The number of hydrogen-bond acceptors (Lipinski definition) is 10. The zero-order valence-corrected chi connectivity index (χ0v) is 44.4. The molecule has 3 saturated heterocycles. The summed E-state index contributed by atoms with van der Waals surface area (Å²) in [6, 6.07) is 22.4. The van der Waals surface area contributed by atoms with Crippen LogP contribution in [0.5, 0.6) is 11.5 Å². The first-order valence-electron chi connectivity index (χ1n) is 25.8. The Balaban J connectivity index is 0.00000332. The minimum absolute atomic E-state index is 0.116. The summed E-state index contributed by atoms with van der Waals surface area (Å²) in [6.45, 7) is 21.7. The molecule has 0 aliphatic carbocycles. The number of ether oxygens (including phenoxy) is 3. The minimum Gasteiger partial charge on any atom is -0.493 e. The summed E-state index contributed by atoms with van der Waals surface area (Å²) in [7, 11) is 1.92. The summed E-state index contributed by atoms with van der Waals surface area (Å²) >= 11 is 7.24. The molecule has 4 aliphatic heterocycles. The number of carbonyl (C=O) groups is 5. The van der Waals surface area contributed by atoms with Crippen LogP contribution in [0, 0.1) is 25.7 Å². The van der Waals surface area contributed by atoms with Crippen LogP contribution >= 0.6 is 11.6 Å². The van der Waals surface area contributed by atoms with Crippen LogP contribution in [0.4, 0.5) is 0 Å². The molecule has 4 aromatic carbocycles. The molecule has 388 valence electrons. The molecule has 0 spiro atoms. The Morgan fingerprint density at radius 3 is 2.24 bits per heavy atom. The number of aromatic nitrogens is 3. The lowest BCUT2D eigenvalue weighted by Gasteiger charge is -2.30. The third kappa shape index (κ3) is 9.91. The molecule has 0 bridgehead atoms. The molecule has 15 nitrogen and oxygen atoms in total. The Morgan fingerprint density at radius 2 is 1.54 bits per heavy atom. The predicted octanol–water partition coefficient (Wildman–Crippen LogP) is 9.16. The van der Waals surface area contributed by atoms with E-state index in [9.17, 15) is 24.0 Å². The first-order chi connectivity index (χ1) is 35.5. The maximum absolute atomic E-state index is 14.7. The number of imide groups is 1. The number of nitrogens with zero attached hydrogens (tertiary/aromatic N) is 6. The van der Waals surface area contributed by atoms with Crippen molar-refractivity contribution in [3.63, 3.8) is 0 Å². The number of carbonyl (C=O) groups excluding carboxylic acids is 5. The van der Waals surface area contributed by atoms with E-state index in [-0.39, 0.29) is 54.4 Å². The standard InChI is InChI=1S/C56H60ClN7O8.C2H6/c1-32-48(34(3)60(7)59-32)50-42(57)21-20-41-40(17-12-26-70-44-18-10-14-35-13-8-9-15-39(35)44)52(55(69)72-56(4,5)6)63(51(41)50)25-24-61-27-36-29-62(30-37(36)28-61)47(66)31-71-45-19-11-16-38-33(2)64(54(68)49(38)45)43-22-23-46(65)58-53(43)67;1-2/h8-11,13-16,18-21,36-37,43H,2,12,17,22-31H2,1,3-7H3,(H,58,65,67);1-2H3. The monoisotopic (exact) mass is 1020 g/mol. The summed E-state index contributed by atoms with van der Waals surface area (Å²) < 4.78 is 22.7. The number of amides is 4. The highest BCUT2D eigenvalue weighted by Gasteiger charge is 2.44. The van der Waals surface area contributed by atoms with Crippen molar-refractivity contribution < 1.29 is 38.2 Å². The lowest BCUT2D eigenvalue weighted by Crippen LogP contribution is -2.52. The van der Waals surface area contributed by atoms with Gasteiger partial charge >= 0.3 is 5.97 Å². The van der Waals surface area contributed by atoms with Gasteiger partial charge in [-0.05, 0) is 94.9 Å². The Morgan fingerprint density at radius 1 is 0.838 bits per heavy atom. The second-order valence-corrected chi connectivity index (χ2v) is 20.9. The molecule has 0 saturated carbocycles. The van der Waals surface area contributed by atoms with Crippen molar-refractivity contribution in [3.05, 3.63) is 118 Å². The van der Waals surface area contributed by atoms with Crippen LogP contribution in [-0.2, 0) is 39.1 Å². The van der Waals surface area contributed by atoms with Gasteiger partial charge in [-0.15, -0.1) is 0 Å². The van der Waals surface area contributed by atoms with E-state index in [1.165, 1.54) is 4.90 Å². The van der Waals surface area contributed by atoms with Gasteiger partial charge in [0, 0.05) is 91.6 Å². The third-order valence-corrected chi connectivity index (χ3v) is 15.0. The number of nitrogens with one attached hydrogen (secondary N) is 1. The van der Waals surface area contributed by atoms with Crippen molar-refractivity contribution in [1.29, 1.82) is 0 Å². The molecule has 74 heavy (non-hydrogen) atoms. The largest absolute Gasteiger partial charge is 0.493 e. The molecule has 4 amide bonds. The van der Waals surface area contributed by atoms with Crippen LogP contribution in [0.15, 0.2) is 79.4 Å². The molecule has 1 N–H and O–H groups in total. The number of fused-ring (bicyclic) bond motifs is 4. The Kier molecular flexibility index (Phi) is 14.8. The van der Waals surface area contributed by atoms with Crippen LogP contribution < -0.4 is 14.8 Å². The second kappa shape index (κ2) is 21.1. The molecule has 3 unspecified atom stereocenters. The molecule has 3 atom stereocenters. The van der Waals surface area contributed by atoms with E-state index in [4.69, 9.17) is 30.9 Å². The van der Waals surface area contributed by atoms with E-state index in [0.717, 1.165) is 68.6 Å². The zero-order valence-electron chi connectivity index (χ0n) is 43.7. The number of halogens is 1. The number of rotatable bonds is 14. The first-order valence-corrected chi connectivity index (χ1v) is 26.2. The average Bonchev–Trinajstić information content (AvgIpc) is 4.15. The number of likely N-dealkylation sites (tertiary alicyclic amines) is 2. The highest BCUT2D eigenvalue weighted by atomic mass is 35.5. The highest BCUT2D eigenvalue weighted by Crippen LogP contribution is 2.44. The van der Waals surface area contributed by atoms with Crippen LogP contribution in [-0.4, -0.2) is 116 Å². The molecule has 6 heterocycles. The summed E-state index contributed by atoms with van der Waals surface area (Å²) in [5, 5.41) is 10.7. The van der Waals surface area contributed by atoms with Crippen LogP contribution in [0.3, 0.4) is 0 Å². The van der Waals surface area contributed by atoms with E-state index in [2.05, 4.69) is 39.6 Å². The van der Waals surface area contributed by atoms with E-state index >= 15 is 0 Å². The normalized spacial score (nSPS) is 18.7. The lowest BCUT2D eigenvalue weighted by molar-refractivity contribution is -0.136. The van der Waals surface area contributed by atoms with Gasteiger partial charge in [0.05, 0.1) is 28.4 Å². The van der Waals surface area contributed by atoms with Crippen molar-refractivity contribution in [2.75, 3.05) is 45.9 Å². The molecule has 10 rings (SSSR count). The number of benzene rings is 4. The first kappa shape index (κ1) is 51.9. The van der Waals surface area contributed by atoms with Crippen molar-refractivity contribution in [2.45, 2.75) is 92.3 Å². The van der Waals surface area contributed by atoms with Crippen molar-refractivity contribution >= 4 is 68.6 Å². The average molecular weight is 1020 g/mol. The molecule has 2 aromatic heterocycles. The third-order valence-electron chi connectivity index (χ3n) is 14.7. The van der Waals surface area contributed by atoms with E-state index in [1.807, 2.05) is 101 Å². The fourth-order valence-electron chi connectivity index (χ4n) is 11.3. The van der Waals surface area contributed by atoms with E-state index in [1.54, 1.807) is 18.2 Å². The molecule has 6 aromatic rings. The van der Waals surface area contributed by atoms with Gasteiger partial charge in [-0.25, -0.2) is 4.79 Å². The van der Waals surface area contributed by atoms with Crippen molar-refractivity contribution in [2.24, 2.45) is 18.9 Å². The number of esters is 1. The summed E-state index contributed by atoms with van der Waals surface area (Å²) in [6.07, 6.45) is 1.50. The predicted molar refractivity (Wildman–Crippen MR) is 286 cm³/mol. The maximum Gasteiger partial charge on any atom is 0.355 e. The van der Waals surface area contributed by atoms with E-state index in [0.29, 0.717) is 67.6 Å². The van der Waals surface area contributed by atoms with Gasteiger partial charge in [-0.2, -0.15) is 5.10 Å². The van der Waals surface area contributed by atoms with Crippen molar-refractivity contribution in [3.8, 4) is 22.6 Å². The van der Waals surface area contributed by atoms with Crippen molar-refractivity contribution in [1.82, 2.24) is 34.4 Å². The maximum atomic E-state index is 14.7. The number of aryl methyl sites for hydroxylation is 3.